The van der Waals surface area contributed by atoms with Crippen molar-refractivity contribution in [3.05, 3.63) is 48.6 Å². The van der Waals surface area contributed by atoms with Gasteiger partial charge >= 0.3 is 0 Å². The Kier molecular flexibility index (Phi) is 5.01. The molecule has 0 aliphatic carbocycles. The number of nitrogens with one attached hydrogen (secondary N) is 4. The summed E-state index contributed by atoms with van der Waals surface area (Å²) in [5.74, 6) is -0.512. The molecule has 1 aliphatic rings. The van der Waals surface area contributed by atoms with Crippen LogP contribution in [0.2, 0.25) is 0 Å². The van der Waals surface area contributed by atoms with Crippen molar-refractivity contribution < 1.29 is 9.59 Å². The SMILES string of the molecule is C=CC(=O)NC(c1cnc2[nH]cc(C(=O)NC(C)C)c2n1)[C@@H]1CC=CN1. The summed E-state index contributed by atoms with van der Waals surface area (Å²) in [7, 11) is 0. The van der Waals surface area contributed by atoms with E-state index in [4.69, 9.17) is 0 Å². The molecule has 8 heteroatoms. The monoisotopic (exact) mass is 354 g/mol. The van der Waals surface area contributed by atoms with E-state index in [1.165, 1.54) is 6.08 Å². The highest BCUT2D eigenvalue weighted by atomic mass is 16.2. The number of hydrogen-bond donors (Lipinski definition) is 4. The van der Waals surface area contributed by atoms with Gasteiger partial charge in [-0.25, -0.2) is 9.97 Å². The lowest BCUT2D eigenvalue weighted by atomic mass is 10.0. The van der Waals surface area contributed by atoms with Gasteiger partial charge in [-0.3, -0.25) is 9.59 Å². The first-order valence-electron chi connectivity index (χ1n) is 8.48. The molecule has 2 aromatic heterocycles. The molecule has 0 saturated carbocycles. The van der Waals surface area contributed by atoms with Crippen molar-refractivity contribution in [2.75, 3.05) is 0 Å². The molecule has 0 saturated heterocycles. The third kappa shape index (κ3) is 3.58. The van der Waals surface area contributed by atoms with E-state index in [0.717, 1.165) is 6.42 Å². The molecule has 0 spiro atoms. The lowest BCUT2D eigenvalue weighted by Crippen LogP contribution is -2.40. The summed E-state index contributed by atoms with van der Waals surface area (Å²) >= 11 is 0. The topological polar surface area (TPSA) is 112 Å². The number of amides is 2. The maximum atomic E-state index is 12.4. The highest BCUT2D eigenvalue weighted by molar-refractivity contribution is 6.04. The van der Waals surface area contributed by atoms with E-state index >= 15 is 0 Å². The van der Waals surface area contributed by atoms with Crippen LogP contribution in [0.5, 0.6) is 0 Å². The summed E-state index contributed by atoms with van der Waals surface area (Å²) in [6, 6.07) is -0.433. The van der Waals surface area contributed by atoms with E-state index in [2.05, 4.69) is 37.5 Å². The fourth-order valence-corrected chi connectivity index (χ4v) is 2.87. The Labute approximate surface area is 151 Å². The van der Waals surface area contributed by atoms with Gasteiger partial charge in [0.1, 0.15) is 5.52 Å². The van der Waals surface area contributed by atoms with Crippen LogP contribution in [-0.2, 0) is 4.79 Å². The summed E-state index contributed by atoms with van der Waals surface area (Å²) in [5.41, 5.74) is 2.00. The minimum absolute atomic E-state index is 0.0111. The fraction of sp³-hybridized carbons (Fsp3) is 0.333. The average molecular weight is 354 g/mol. The number of rotatable bonds is 6. The second-order valence-electron chi connectivity index (χ2n) is 6.42. The van der Waals surface area contributed by atoms with Gasteiger partial charge in [-0.2, -0.15) is 0 Å². The van der Waals surface area contributed by atoms with Gasteiger partial charge in [-0.1, -0.05) is 12.7 Å². The van der Waals surface area contributed by atoms with Gasteiger partial charge in [0.15, 0.2) is 5.65 Å². The van der Waals surface area contributed by atoms with Crippen LogP contribution in [0.3, 0.4) is 0 Å². The van der Waals surface area contributed by atoms with Crippen LogP contribution in [0.25, 0.3) is 11.2 Å². The third-order valence-electron chi connectivity index (χ3n) is 4.09. The molecular formula is C18H22N6O2. The van der Waals surface area contributed by atoms with Gasteiger partial charge in [0.25, 0.3) is 5.91 Å². The molecule has 4 N–H and O–H groups in total. The van der Waals surface area contributed by atoms with Crippen molar-refractivity contribution in [1.29, 1.82) is 0 Å². The molecule has 2 atom stereocenters. The first-order chi connectivity index (χ1) is 12.5. The molecule has 0 fully saturated rings. The number of nitrogens with zero attached hydrogens (tertiary/aromatic N) is 2. The predicted octanol–water partition coefficient (Wildman–Crippen LogP) is 1.31. The van der Waals surface area contributed by atoms with Crippen molar-refractivity contribution in [3.8, 4) is 0 Å². The van der Waals surface area contributed by atoms with Crippen molar-refractivity contribution in [2.45, 2.75) is 38.4 Å². The maximum absolute atomic E-state index is 12.4. The summed E-state index contributed by atoms with van der Waals surface area (Å²) in [5, 5.41) is 8.95. The van der Waals surface area contributed by atoms with Gasteiger partial charge in [0, 0.05) is 12.2 Å². The Bertz CT molecular complexity index is 862. The van der Waals surface area contributed by atoms with E-state index in [9.17, 15) is 9.59 Å². The summed E-state index contributed by atoms with van der Waals surface area (Å²) in [6.45, 7) is 7.28. The number of aromatic amines is 1. The molecule has 0 aromatic carbocycles. The maximum Gasteiger partial charge on any atom is 0.255 e. The van der Waals surface area contributed by atoms with Crippen LogP contribution in [0.1, 0.15) is 42.4 Å². The van der Waals surface area contributed by atoms with Crippen LogP contribution in [0.15, 0.2) is 37.3 Å². The van der Waals surface area contributed by atoms with Gasteiger partial charge in [0.05, 0.1) is 29.5 Å². The van der Waals surface area contributed by atoms with Crippen LogP contribution < -0.4 is 16.0 Å². The third-order valence-corrected chi connectivity index (χ3v) is 4.09. The van der Waals surface area contributed by atoms with Crippen molar-refractivity contribution >= 4 is 23.0 Å². The molecule has 2 aromatic rings. The Morgan fingerprint density at radius 2 is 2.19 bits per heavy atom. The standard InChI is InChI=1S/C18H22N6O2/c1-4-14(25)24-16(12-6-5-7-19-12)13-9-21-17-15(23-13)11(8-20-17)18(26)22-10(2)3/h4-5,7-10,12,16,19H,1,6H2,2-3H3,(H,20,21)(H,22,26)(H,24,25)/t12-,16?/m0/s1. The highest BCUT2D eigenvalue weighted by Gasteiger charge is 2.27. The van der Waals surface area contributed by atoms with Gasteiger partial charge < -0.3 is 20.9 Å². The van der Waals surface area contributed by atoms with E-state index in [-0.39, 0.29) is 23.9 Å². The highest BCUT2D eigenvalue weighted by Crippen LogP contribution is 2.23. The number of fused-ring (bicyclic) bond motifs is 1. The number of aromatic nitrogens is 3. The lowest BCUT2D eigenvalue weighted by Gasteiger charge is -2.24. The van der Waals surface area contributed by atoms with Crippen LogP contribution >= 0.6 is 0 Å². The lowest BCUT2D eigenvalue weighted by molar-refractivity contribution is -0.117. The zero-order valence-corrected chi connectivity index (χ0v) is 14.7. The fourth-order valence-electron chi connectivity index (χ4n) is 2.87. The Morgan fingerprint density at radius 1 is 1.38 bits per heavy atom. The number of carbonyl (C=O) groups is 2. The van der Waals surface area contributed by atoms with Crippen molar-refractivity contribution in [1.82, 2.24) is 30.9 Å². The van der Waals surface area contributed by atoms with Crippen LogP contribution in [-0.4, -0.2) is 38.8 Å². The van der Waals surface area contributed by atoms with Crippen molar-refractivity contribution in [2.24, 2.45) is 0 Å². The molecule has 0 bridgehead atoms. The average Bonchev–Trinajstić information content (AvgIpc) is 3.27. The molecule has 3 rings (SSSR count). The van der Waals surface area contributed by atoms with Crippen LogP contribution in [0, 0.1) is 0 Å². The Morgan fingerprint density at radius 3 is 2.85 bits per heavy atom. The predicted molar refractivity (Wildman–Crippen MR) is 98.3 cm³/mol. The smallest absolute Gasteiger partial charge is 0.255 e. The Hall–Kier alpha value is -3.16. The second kappa shape index (κ2) is 7.38. The van der Waals surface area contributed by atoms with E-state index in [0.29, 0.717) is 22.4 Å². The molecular weight excluding hydrogens is 332 g/mol. The van der Waals surface area contributed by atoms with E-state index in [1.807, 2.05) is 26.1 Å². The summed E-state index contributed by atoms with van der Waals surface area (Å²) < 4.78 is 0. The molecule has 0 radical (unpaired) electrons. The minimum atomic E-state index is -0.400. The normalized spacial score (nSPS) is 17.1. The zero-order valence-electron chi connectivity index (χ0n) is 14.7. The largest absolute Gasteiger partial charge is 0.386 e. The van der Waals surface area contributed by atoms with Gasteiger partial charge in [-0.15, -0.1) is 0 Å². The first kappa shape index (κ1) is 17.7. The number of H-pyrrole nitrogens is 1. The second-order valence-corrected chi connectivity index (χ2v) is 6.42. The molecule has 3 heterocycles. The Balaban J connectivity index is 1.97. The summed E-state index contributed by atoms with van der Waals surface area (Å²) in [6.07, 6.45) is 9.01. The molecule has 2 amide bonds. The quantitative estimate of drug-likeness (QED) is 0.585. The molecule has 1 unspecified atom stereocenters. The van der Waals surface area contributed by atoms with E-state index < -0.39 is 6.04 Å². The molecule has 8 nitrogen and oxygen atoms in total. The zero-order chi connectivity index (χ0) is 18.7. The number of carbonyl (C=O) groups excluding carboxylic acids is 2. The van der Waals surface area contributed by atoms with Crippen molar-refractivity contribution in [3.63, 3.8) is 0 Å². The molecule has 26 heavy (non-hydrogen) atoms. The molecule has 1 aliphatic heterocycles. The van der Waals surface area contributed by atoms with Crippen LogP contribution in [0.4, 0.5) is 0 Å². The minimum Gasteiger partial charge on any atom is -0.386 e. The van der Waals surface area contributed by atoms with E-state index in [1.54, 1.807) is 12.4 Å². The van der Waals surface area contributed by atoms with Gasteiger partial charge in [-0.05, 0) is 32.5 Å². The number of hydrogen-bond acceptors (Lipinski definition) is 5. The molecule has 136 valence electrons. The summed E-state index contributed by atoms with van der Waals surface area (Å²) in [4.78, 5) is 36.2. The van der Waals surface area contributed by atoms with Gasteiger partial charge in [0.2, 0.25) is 5.91 Å². The first-order valence-corrected chi connectivity index (χ1v) is 8.48.